The minimum atomic E-state index is -0.00345. The molecule has 0 aromatic carbocycles. The number of aliphatic hydroxyl groups is 1. The van der Waals surface area contributed by atoms with Crippen LogP contribution < -0.4 is 4.90 Å². The zero-order chi connectivity index (χ0) is 15.7. The van der Waals surface area contributed by atoms with Gasteiger partial charge in [0.25, 0.3) is 0 Å². The number of fused-ring (bicyclic) bond motifs is 1. The molecule has 6 heteroatoms. The molecule has 3 rings (SSSR count). The second-order valence-corrected chi connectivity index (χ2v) is 6.75. The molecule has 0 saturated carbocycles. The number of aromatic nitrogens is 4. The number of hydrogen-bond donors (Lipinski definition) is 1. The highest BCUT2D eigenvalue weighted by molar-refractivity contribution is 5.68. The zero-order valence-electron chi connectivity index (χ0n) is 13.7. The van der Waals surface area contributed by atoms with Crippen LogP contribution in [0.5, 0.6) is 0 Å². The summed E-state index contributed by atoms with van der Waals surface area (Å²) in [6.45, 7) is 8.55. The summed E-state index contributed by atoms with van der Waals surface area (Å²) in [5.41, 5.74) is 2.92. The van der Waals surface area contributed by atoms with Gasteiger partial charge >= 0.3 is 0 Å². The monoisotopic (exact) mass is 303 g/mol. The first-order chi connectivity index (χ1) is 10.6. The fraction of sp³-hybridized carbons (Fsp3) is 0.688. The Morgan fingerprint density at radius 1 is 1.41 bits per heavy atom. The Balaban J connectivity index is 2.03. The van der Waals surface area contributed by atoms with Crippen LogP contribution in [0.3, 0.4) is 0 Å². The van der Waals surface area contributed by atoms with Crippen molar-refractivity contribution in [1.82, 2.24) is 19.8 Å². The lowest BCUT2D eigenvalue weighted by Crippen LogP contribution is -2.45. The minimum absolute atomic E-state index is 0.00345. The van der Waals surface area contributed by atoms with Crippen LogP contribution in [-0.4, -0.2) is 44.6 Å². The van der Waals surface area contributed by atoms with Crippen LogP contribution in [0.4, 0.5) is 5.69 Å². The summed E-state index contributed by atoms with van der Waals surface area (Å²) >= 11 is 0. The summed E-state index contributed by atoms with van der Waals surface area (Å²) in [5, 5.41) is 22.7. The standard InChI is InChI=1S/C16H25N5O/c1-4-16(10-22)6-5-7-20(9-16)14-8-13(12(2)3)19-21-11-17-18-15(14)21/h8,11-12,22H,4-7,9-10H2,1-3H3. The Morgan fingerprint density at radius 3 is 2.91 bits per heavy atom. The van der Waals surface area contributed by atoms with E-state index < -0.39 is 0 Å². The Kier molecular flexibility index (Phi) is 4.04. The van der Waals surface area contributed by atoms with E-state index in [0.717, 1.165) is 49.4 Å². The highest BCUT2D eigenvalue weighted by Gasteiger charge is 2.34. The van der Waals surface area contributed by atoms with E-state index in [1.54, 1.807) is 10.8 Å². The minimum Gasteiger partial charge on any atom is -0.396 e. The molecule has 120 valence electrons. The molecule has 1 N–H and O–H groups in total. The average molecular weight is 303 g/mol. The third kappa shape index (κ3) is 2.56. The van der Waals surface area contributed by atoms with Crippen molar-refractivity contribution >= 4 is 11.3 Å². The summed E-state index contributed by atoms with van der Waals surface area (Å²) in [7, 11) is 0. The maximum atomic E-state index is 9.85. The SMILES string of the molecule is CCC1(CO)CCCN(c2cc(C(C)C)nn3cnnc23)C1. The molecule has 0 bridgehead atoms. The highest BCUT2D eigenvalue weighted by atomic mass is 16.3. The summed E-state index contributed by atoms with van der Waals surface area (Å²) in [5.74, 6) is 0.351. The van der Waals surface area contributed by atoms with Gasteiger partial charge in [-0.3, -0.25) is 0 Å². The van der Waals surface area contributed by atoms with Crippen molar-refractivity contribution in [2.24, 2.45) is 5.41 Å². The van der Waals surface area contributed by atoms with Crippen LogP contribution in [0.2, 0.25) is 0 Å². The zero-order valence-corrected chi connectivity index (χ0v) is 13.7. The van der Waals surface area contributed by atoms with Crippen molar-refractivity contribution in [3.8, 4) is 0 Å². The Hall–Kier alpha value is -1.69. The van der Waals surface area contributed by atoms with E-state index in [1.807, 2.05) is 0 Å². The largest absolute Gasteiger partial charge is 0.396 e. The first-order valence-corrected chi connectivity index (χ1v) is 8.15. The second-order valence-electron chi connectivity index (χ2n) is 6.75. The van der Waals surface area contributed by atoms with Crippen molar-refractivity contribution in [1.29, 1.82) is 0 Å². The van der Waals surface area contributed by atoms with Gasteiger partial charge in [-0.15, -0.1) is 10.2 Å². The maximum absolute atomic E-state index is 9.85. The lowest BCUT2D eigenvalue weighted by atomic mass is 9.78. The van der Waals surface area contributed by atoms with Crippen molar-refractivity contribution in [2.75, 3.05) is 24.6 Å². The van der Waals surface area contributed by atoms with Gasteiger partial charge in [-0.25, -0.2) is 0 Å². The second kappa shape index (κ2) is 5.83. The van der Waals surface area contributed by atoms with Crippen molar-refractivity contribution in [2.45, 2.75) is 46.0 Å². The molecular weight excluding hydrogens is 278 g/mol. The number of hydrogen-bond acceptors (Lipinski definition) is 5. The normalized spacial score (nSPS) is 22.7. The van der Waals surface area contributed by atoms with Crippen molar-refractivity contribution in [3.05, 3.63) is 18.1 Å². The topological polar surface area (TPSA) is 66.5 Å². The number of rotatable bonds is 4. The fourth-order valence-electron chi connectivity index (χ4n) is 3.29. The quantitative estimate of drug-likeness (QED) is 0.938. The molecule has 0 radical (unpaired) electrons. The predicted molar refractivity (Wildman–Crippen MR) is 86.1 cm³/mol. The van der Waals surface area contributed by atoms with Gasteiger partial charge in [-0.2, -0.15) is 9.61 Å². The van der Waals surface area contributed by atoms with Gasteiger partial charge in [-0.05, 0) is 31.2 Å². The Labute approximate surface area is 131 Å². The van der Waals surface area contributed by atoms with E-state index in [9.17, 15) is 5.11 Å². The third-order valence-corrected chi connectivity index (χ3v) is 4.95. The van der Waals surface area contributed by atoms with Crippen LogP contribution in [0.1, 0.15) is 51.6 Å². The van der Waals surface area contributed by atoms with Gasteiger partial charge in [0, 0.05) is 18.5 Å². The highest BCUT2D eigenvalue weighted by Crippen LogP contribution is 2.36. The molecule has 0 aliphatic carbocycles. The summed E-state index contributed by atoms with van der Waals surface area (Å²) in [6, 6.07) is 2.14. The van der Waals surface area contributed by atoms with Crippen LogP contribution >= 0.6 is 0 Å². The van der Waals surface area contributed by atoms with Gasteiger partial charge in [0.15, 0.2) is 0 Å². The molecule has 22 heavy (non-hydrogen) atoms. The summed E-state index contributed by atoms with van der Waals surface area (Å²) in [4.78, 5) is 2.35. The molecule has 1 unspecified atom stereocenters. The van der Waals surface area contributed by atoms with Crippen molar-refractivity contribution < 1.29 is 5.11 Å². The van der Waals surface area contributed by atoms with E-state index in [-0.39, 0.29) is 12.0 Å². The van der Waals surface area contributed by atoms with Gasteiger partial charge < -0.3 is 10.0 Å². The van der Waals surface area contributed by atoms with E-state index in [2.05, 4.69) is 47.0 Å². The van der Waals surface area contributed by atoms with E-state index in [1.165, 1.54) is 0 Å². The number of aliphatic hydroxyl groups excluding tert-OH is 1. The maximum Gasteiger partial charge on any atom is 0.200 e. The molecule has 1 aliphatic heterocycles. The molecule has 0 amide bonds. The Bertz CT molecular complexity index is 647. The molecule has 2 aromatic heterocycles. The first-order valence-electron chi connectivity index (χ1n) is 8.15. The van der Waals surface area contributed by atoms with Crippen LogP contribution in [0.15, 0.2) is 12.4 Å². The van der Waals surface area contributed by atoms with Gasteiger partial charge in [-0.1, -0.05) is 20.8 Å². The van der Waals surface area contributed by atoms with Crippen molar-refractivity contribution in [3.63, 3.8) is 0 Å². The van der Waals surface area contributed by atoms with Gasteiger partial charge in [0.1, 0.15) is 6.33 Å². The van der Waals surface area contributed by atoms with Gasteiger partial charge in [0.2, 0.25) is 5.65 Å². The molecule has 1 saturated heterocycles. The Morgan fingerprint density at radius 2 is 2.23 bits per heavy atom. The van der Waals surface area contributed by atoms with E-state index >= 15 is 0 Å². The lowest BCUT2D eigenvalue weighted by Gasteiger charge is -2.42. The average Bonchev–Trinajstić information content (AvgIpc) is 3.02. The van der Waals surface area contributed by atoms with Crippen LogP contribution in [-0.2, 0) is 0 Å². The molecule has 1 fully saturated rings. The molecule has 6 nitrogen and oxygen atoms in total. The number of anilines is 1. The smallest absolute Gasteiger partial charge is 0.200 e. The summed E-state index contributed by atoms with van der Waals surface area (Å²) in [6.07, 6.45) is 4.83. The molecule has 1 aliphatic rings. The number of nitrogens with zero attached hydrogens (tertiary/aromatic N) is 5. The fourth-order valence-corrected chi connectivity index (χ4v) is 3.29. The van der Waals surface area contributed by atoms with E-state index in [4.69, 9.17) is 0 Å². The molecule has 1 atom stereocenters. The van der Waals surface area contributed by atoms with Crippen LogP contribution in [0, 0.1) is 5.41 Å². The van der Waals surface area contributed by atoms with Gasteiger partial charge in [0.05, 0.1) is 18.0 Å². The molecule has 2 aromatic rings. The number of piperidine rings is 1. The predicted octanol–water partition coefficient (Wildman–Crippen LogP) is 2.24. The molecule has 0 spiro atoms. The molecule has 3 heterocycles. The van der Waals surface area contributed by atoms with Crippen LogP contribution in [0.25, 0.3) is 5.65 Å². The third-order valence-electron chi connectivity index (χ3n) is 4.95. The summed E-state index contributed by atoms with van der Waals surface area (Å²) < 4.78 is 1.77. The first kappa shape index (κ1) is 15.2. The van der Waals surface area contributed by atoms with E-state index in [0.29, 0.717) is 5.92 Å². The molecular formula is C16H25N5O. The lowest BCUT2D eigenvalue weighted by molar-refractivity contribution is 0.101.